The van der Waals surface area contributed by atoms with Crippen LogP contribution in [-0.4, -0.2) is 29.0 Å². The molecule has 6 heteroatoms. The van der Waals surface area contributed by atoms with Crippen molar-refractivity contribution in [3.63, 3.8) is 0 Å². The minimum atomic E-state index is -0.299. The van der Waals surface area contributed by atoms with E-state index < -0.39 is 0 Å². The van der Waals surface area contributed by atoms with E-state index in [0.29, 0.717) is 0 Å². The number of hydrogen-bond donors (Lipinski definition) is 1. The number of nitrogens with zero attached hydrogens (tertiary/aromatic N) is 2. The van der Waals surface area contributed by atoms with Gasteiger partial charge < -0.3 is 5.73 Å². The molecule has 0 bridgehead atoms. The number of nitro benzene ring substituents is 1. The first-order valence-corrected chi connectivity index (χ1v) is 7.06. The summed E-state index contributed by atoms with van der Waals surface area (Å²) in [5, 5.41) is 11.2. The third-order valence-corrected chi connectivity index (χ3v) is 4.47. The predicted molar refractivity (Wildman–Crippen MR) is 86.7 cm³/mol. The van der Waals surface area contributed by atoms with Gasteiger partial charge in [0, 0.05) is 36.8 Å². The van der Waals surface area contributed by atoms with E-state index in [0.717, 1.165) is 25.1 Å². The summed E-state index contributed by atoms with van der Waals surface area (Å²) in [7, 11) is 0. The van der Waals surface area contributed by atoms with Crippen LogP contribution in [0.1, 0.15) is 38.8 Å². The van der Waals surface area contributed by atoms with Gasteiger partial charge in [0.2, 0.25) is 0 Å². The number of halogens is 1. The number of benzene rings is 1. The summed E-state index contributed by atoms with van der Waals surface area (Å²) in [6.45, 7) is 8.11. The Morgan fingerprint density at radius 1 is 1.43 bits per heavy atom. The van der Waals surface area contributed by atoms with Crippen LogP contribution < -0.4 is 5.73 Å². The van der Waals surface area contributed by atoms with Crippen LogP contribution in [0.15, 0.2) is 24.3 Å². The fourth-order valence-electron chi connectivity index (χ4n) is 2.95. The van der Waals surface area contributed by atoms with Crippen LogP contribution in [0.2, 0.25) is 0 Å². The van der Waals surface area contributed by atoms with E-state index in [2.05, 4.69) is 18.7 Å². The van der Waals surface area contributed by atoms with E-state index in [-0.39, 0.29) is 40.5 Å². The molecule has 2 unspecified atom stereocenters. The molecule has 0 aliphatic carbocycles. The summed E-state index contributed by atoms with van der Waals surface area (Å²) in [5.74, 6) is 0. The smallest absolute Gasteiger partial charge is 0.274 e. The zero-order valence-corrected chi connectivity index (χ0v) is 13.6. The van der Waals surface area contributed by atoms with Crippen molar-refractivity contribution >= 4 is 18.1 Å². The van der Waals surface area contributed by atoms with Gasteiger partial charge in [-0.05, 0) is 18.8 Å². The molecule has 118 valence electrons. The minimum Gasteiger partial charge on any atom is -0.327 e. The average Bonchev–Trinajstić information content (AvgIpc) is 2.41. The second kappa shape index (κ2) is 6.73. The standard InChI is InChI=1S/C15H23N3O2.ClH/c1-11(12-6-4-5-7-13(12)18(19)20)17-9-8-14(16)15(2,3)10-17;/h4-7,11,14H,8-10,16H2,1-3H3;1H. The molecule has 1 aliphatic rings. The zero-order chi connectivity index (χ0) is 14.9. The number of nitro groups is 1. The third kappa shape index (κ3) is 3.73. The quantitative estimate of drug-likeness (QED) is 0.687. The summed E-state index contributed by atoms with van der Waals surface area (Å²) >= 11 is 0. The van der Waals surface area contributed by atoms with E-state index in [1.807, 2.05) is 19.1 Å². The number of rotatable bonds is 3. The predicted octanol–water partition coefficient (Wildman–Crippen LogP) is 3.14. The van der Waals surface area contributed by atoms with Crippen molar-refractivity contribution in [1.82, 2.24) is 4.90 Å². The SMILES string of the molecule is CC(c1ccccc1[N+](=O)[O-])N1CCC(N)C(C)(C)C1.Cl. The molecule has 1 aromatic carbocycles. The number of nitrogens with two attached hydrogens (primary N) is 1. The van der Waals surface area contributed by atoms with Gasteiger partial charge in [-0.2, -0.15) is 0 Å². The fourth-order valence-corrected chi connectivity index (χ4v) is 2.95. The Morgan fingerprint density at radius 3 is 2.62 bits per heavy atom. The van der Waals surface area contributed by atoms with Gasteiger partial charge in [0.1, 0.15) is 0 Å². The van der Waals surface area contributed by atoms with Gasteiger partial charge in [-0.3, -0.25) is 15.0 Å². The van der Waals surface area contributed by atoms with Crippen LogP contribution in [0, 0.1) is 15.5 Å². The summed E-state index contributed by atoms with van der Waals surface area (Å²) in [6.07, 6.45) is 0.929. The summed E-state index contributed by atoms with van der Waals surface area (Å²) in [4.78, 5) is 13.2. The van der Waals surface area contributed by atoms with Crippen LogP contribution in [0.5, 0.6) is 0 Å². The van der Waals surface area contributed by atoms with Gasteiger partial charge in [-0.25, -0.2) is 0 Å². The van der Waals surface area contributed by atoms with Crippen LogP contribution >= 0.6 is 12.4 Å². The van der Waals surface area contributed by atoms with Gasteiger partial charge in [0.25, 0.3) is 5.69 Å². The first-order valence-electron chi connectivity index (χ1n) is 7.06. The monoisotopic (exact) mass is 313 g/mol. The molecule has 21 heavy (non-hydrogen) atoms. The van der Waals surface area contributed by atoms with Crippen LogP contribution in [-0.2, 0) is 0 Å². The van der Waals surface area contributed by atoms with Crippen molar-refractivity contribution in [2.45, 2.75) is 39.3 Å². The number of likely N-dealkylation sites (tertiary alicyclic amines) is 1. The molecule has 2 atom stereocenters. The van der Waals surface area contributed by atoms with Crippen LogP contribution in [0.3, 0.4) is 0 Å². The maximum absolute atomic E-state index is 11.2. The first kappa shape index (κ1) is 17.9. The second-order valence-electron chi connectivity index (χ2n) is 6.35. The topological polar surface area (TPSA) is 72.4 Å². The first-order chi connectivity index (χ1) is 9.33. The lowest BCUT2D eigenvalue weighted by molar-refractivity contribution is -0.386. The Labute approximate surface area is 132 Å². The molecule has 2 rings (SSSR count). The van der Waals surface area contributed by atoms with Gasteiger partial charge in [0.05, 0.1) is 4.92 Å². The Kier molecular flexibility index (Phi) is 5.73. The Morgan fingerprint density at radius 2 is 2.05 bits per heavy atom. The fraction of sp³-hybridized carbons (Fsp3) is 0.600. The lowest BCUT2D eigenvalue weighted by Crippen LogP contribution is -2.52. The highest BCUT2D eigenvalue weighted by molar-refractivity contribution is 5.85. The molecule has 0 amide bonds. The number of para-hydroxylation sites is 1. The molecule has 0 saturated carbocycles. The van der Waals surface area contributed by atoms with Gasteiger partial charge in [-0.15, -0.1) is 12.4 Å². The van der Waals surface area contributed by atoms with E-state index in [4.69, 9.17) is 5.73 Å². The van der Waals surface area contributed by atoms with Crippen molar-refractivity contribution in [1.29, 1.82) is 0 Å². The van der Waals surface area contributed by atoms with Crippen molar-refractivity contribution in [3.05, 3.63) is 39.9 Å². The van der Waals surface area contributed by atoms with Crippen molar-refractivity contribution in [3.8, 4) is 0 Å². The lowest BCUT2D eigenvalue weighted by Gasteiger charge is -2.45. The largest absolute Gasteiger partial charge is 0.327 e. The zero-order valence-electron chi connectivity index (χ0n) is 12.8. The maximum Gasteiger partial charge on any atom is 0.274 e. The molecule has 1 fully saturated rings. The van der Waals surface area contributed by atoms with Crippen molar-refractivity contribution < 1.29 is 4.92 Å². The highest BCUT2D eigenvalue weighted by Gasteiger charge is 2.36. The number of piperidine rings is 1. The summed E-state index contributed by atoms with van der Waals surface area (Å²) in [6, 6.07) is 7.22. The molecule has 1 saturated heterocycles. The second-order valence-corrected chi connectivity index (χ2v) is 6.35. The molecule has 1 aromatic rings. The lowest BCUT2D eigenvalue weighted by atomic mass is 9.79. The molecular formula is C15H24ClN3O2. The summed E-state index contributed by atoms with van der Waals surface area (Å²) < 4.78 is 0. The molecular weight excluding hydrogens is 290 g/mol. The molecule has 5 nitrogen and oxygen atoms in total. The highest BCUT2D eigenvalue weighted by Crippen LogP contribution is 2.35. The van der Waals surface area contributed by atoms with Gasteiger partial charge >= 0.3 is 0 Å². The maximum atomic E-state index is 11.2. The minimum absolute atomic E-state index is 0. The highest BCUT2D eigenvalue weighted by atomic mass is 35.5. The van der Waals surface area contributed by atoms with Crippen molar-refractivity contribution in [2.75, 3.05) is 13.1 Å². The third-order valence-electron chi connectivity index (χ3n) is 4.47. The molecule has 1 heterocycles. The molecule has 0 aromatic heterocycles. The molecule has 0 spiro atoms. The molecule has 2 N–H and O–H groups in total. The number of hydrogen-bond acceptors (Lipinski definition) is 4. The van der Waals surface area contributed by atoms with Crippen LogP contribution in [0.25, 0.3) is 0 Å². The molecule has 1 aliphatic heterocycles. The van der Waals surface area contributed by atoms with E-state index in [1.54, 1.807) is 12.1 Å². The summed E-state index contributed by atoms with van der Waals surface area (Å²) in [5.41, 5.74) is 7.18. The van der Waals surface area contributed by atoms with Crippen LogP contribution in [0.4, 0.5) is 5.69 Å². The van der Waals surface area contributed by atoms with E-state index in [9.17, 15) is 10.1 Å². The Bertz CT molecular complexity index is 507. The van der Waals surface area contributed by atoms with Gasteiger partial charge in [0.15, 0.2) is 0 Å². The molecule has 0 radical (unpaired) electrons. The average molecular weight is 314 g/mol. The normalized spacial score (nSPS) is 23.1. The Balaban J connectivity index is 0.00000220. The van der Waals surface area contributed by atoms with Gasteiger partial charge in [-0.1, -0.05) is 32.0 Å². The van der Waals surface area contributed by atoms with E-state index >= 15 is 0 Å². The van der Waals surface area contributed by atoms with Crippen molar-refractivity contribution in [2.24, 2.45) is 11.1 Å². The Hall–Kier alpha value is -1.17. The van der Waals surface area contributed by atoms with E-state index in [1.165, 1.54) is 0 Å².